The molecule has 0 fully saturated rings. The minimum Gasteiger partial charge on any atom is -0.489 e. The monoisotopic (exact) mass is 332 g/mol. The third-order valence-electron chi connectivity index (χ3n) is 4.30. The lowest BCUT2D eigenvalue weighted by Gasteiger charge is -2.12. The number of aryl methyl sites for hydroxylation is 1. The van der Waals surface area contributed by atoms with Gasteiger partial charge in [-0.2, -0.15) is 0 Å². The molecular weight excluding hydrogens is 308 g/mol. The van der Waals surface area contributed by atoms with Crippen molar-refractivity contribution in [1.29, 1.82) is 0 Å². The van der Waals surface area contributed by atoms with E-state index in [0.29, 0.717) is 6.61 Å². The van der Waals surface area contributed by atoms with Crippen molar-refractivity contribution in [1.82, 2.24) is 0 Å². The normalized spacial score (nSPS) is 11.9. The highest BCUT2D eigenvalue weighted by Crippen LogP contribution is 2.22. The van der Waals surface area contributed by atoms with E-state index < -0.39 is 6.10 Å². The summed E-state index contributed by atoms with van der Waals surface area (Å²) < 4.78 is 5.78. The second kappa shape index (κ2) is 9.05. The minimum atomic E-state index is -0.424. The molecule has 0 radical (unpaired) electrons. The van der Waals surface area contributed by atoms with Crippen LogP contribution in [0.15, 0.2) is 84.9 Å². The summed E-state index contributed by atoms with van der Waals surface area (Å²) in [5.41, 5.74) is 3.41. The molecule has 0 saturated heterocycles. The van der Waals surface area contributed by atoms with Crippen LogP contribution >= 0.6 is 0 Å². The minimum absolute atomic E-state index is 0.424. The smallest absolute Gasteiger partial charge is 0.119 e. The van der Waals surface area contributed by atoms with Crippen molar-refractivity contribution in [2.45, 2.75) is 32.0 Å². The summed E-state index contributed by atoms with van der Waals surface area (Å²) >= 11 is 0. The van der Waals surface area contributed by atoms with Gasteiger partial charge in [0.05, 0.1) is 6.10 Å². The van der Waals surface area contributed by atoms with Crippen LogP contribution in [-0.4, -0.2) is 5.11 Å². The maximum absolute atomic E-state index is 10.4. The van der Waals surface area contributed by atoms with Gasteiger partial charge in [0.2, 0.25) is 0 Å². The maximum Gasteiger partial charge on any atom is 0.119 e. The van der Waals surface area contributed by atoms with E-state index in [1.165, 1.54) is 5.56 Å². The van der Waals surface area contributed by atoms with Crippen LogP contribution in [-0.2, 0) is 13.0 Å². The van der Waals surface area contributed by atoms with Crippen LogP contribution in [0.1, 0.15) is 35.6 Å². The Kier molecular flexibility index (Phi) is 6.24. The molecule has 3 rings (SSSR count). The van der Waals surface area contributed by atoms with E-state index in [-0.39, 0.29) is 0 Å². The van der Waals surface area contributed by atoms with Crippen LogP contribution in [0, 0.1) is 0 Å². The molecule has 3 aromatic rings. The van der Waals surface area contributed by atoms with Gasteiger partial charge in [0.1, 0.15) is 12.4 Å². The van der Waals surface area contributed by atoms with Gasteiger partial charge >= 0.3 is 0 Å². The number of rotatable bonds is 8. The zero-order valence-corrected chi connectivity index (χ0v) is 14.3. The lowest BCUT2D eigenvalue weighted by atomic mass is 10.0. The first kappa shape index (κ1) is 17.2. The average molecular weight is 332 g/mol. The zero-order chi connectivity index (χ0) is 17.3. The van der Waals surface area contributed by atoms with Crippen molar-refractivity contribution in [3.05, 3.63) is 102 Å². The highest BCUT2D eigenvalue weighted by Gasteiger charge is 2.07. The lowest BCUT2D eigenvalue weighted by molar-refractivity contribution is 0.164. The SMILES string of the molecule is OC(CCCc1ccccc1)c1ccc(OCc2ccccc2)cc1. The maximum atomic E-state index is 10.4. The summed E-state index contributed by atoms with van der Waals surface area (Å²) in [6.07, 6.45) is 2.30. The van der Waals surface area contributed by atoms with E-state index in [2.05, 4.69) is 24.3 Å². The van der Waals surface area contributed by atoms with Crippen molar-refractivity contribution in [2.75, 3.05) is 0 Å². The van der Waals surface area contributed by atoms with E-state index in [0.717, 1.165) is 36.1 Å². The third kappa shape index (κ3) is 5.47. The van der Waals surface area contributed by atoms with Gasteiger partial charge in [-0.05, 0) is 48.1 Å². The highest BCUT2D eigenvalue weighted by atomic mass is 16.5. The van der Waals surface area contributed by atoms with E-state index in [1.807, 2.05) is 60.7 Å². The first-order valence-corrected chi connectivity index (χ1v) is 8.80. The van der Waals surface area contributed by atoms with Crippen molar-refractivity contribution >= 4 is 0 Å². The Morgan fingerprint density at radius 2 is 1.32 bits per heavy atom. The van der Waals surface area contributed by atoms with E-state index in [4.69, 9.17) is 4.74 Å². The molecule has 3 aromatic carbocycles. The Labute approximate surface area is 149 Å². The molecule has 0 saturated carbocycles. The number of ether oxygens (including phenoxy) is 1. The van der Waals surface area contributed by atoms with E-state index in [9.17, 15) is 5.11 Å². The van der Waals surface area contributed by atoms with Gasteiger partial charge in [0, 0.05) is 0 Å². The fraction of sp³-hybridized carbons (Fsp3) is 0.217. The molecule has 25 heavy (non-hydrogen) atoms. The number of hydrogen-bond acceptors (Lipinski definition) is 2. The molecule has 1 unspecified atom stereocenters. The van der Waals surface area contributed by atoms with Gasteiger partial charge in [-0.15, -0.1) is 0 Å². The molecular formula is C23H24O2. The fourth-order valence-electron chi connectivity index (χ4n) is 2.84. The summed E-state index contributed by atoms with van der Waals surface area (Å²) in [4.78, 5) is 0. The summed E-state index contributed by atoms with van der Waals surface area (Å²) in [5.74, 6) is 0.823. The van der Waals surface area contributed by atoms with Crippen LogP contribution < -0.4 is 4.74 Å². The Morgan fingerprint density at radius 3 is 1.96 bits per heavy atom. The van der Waals surface area contributed by atoms with Crippen LogP contribution in [0.2, 0.25) is 0 Å². The largest absolute Gasteiger partial charge is 0.489 e. The van der Waals surface area contributed by atoms with Crippen molar-refractivity contribution in [2.24, 2.45) is 0 Å². The summed E-state index contributed by atoms with van der Waals surface area (Å²) in [5, 5.41) is 10.4. The molecule has 0 heterocycles. The van der Waals surface area contributed by atoms with E-state index >= 15 is 0 Å². The topological polar surface area (TPSA) is 29.5 Å². The molecule has 0 aromatic heterocycles. The second-order valence-electron chi connectivity index (χ2n) is 6.24. The zero-order valence-electron chi connectivity index (χ0n) is 14.3. The Morgan fingerprint density at radius 1 is 0.720 bits per heavy atom. The molecule has 0 bridgehead atoms. The molecule has 1 atom stereocenters. The second-order valence-corrected chi connectivity index (χ2v) is 6.24. The van der Waals surface area contributed by atoms with Gasteiger partial charge < -0.3 is 9.84 Å². The van der Waals surface area contributed by atoms with Gasteiger partial charge in [-0.25, -0.2) is 0 Å². The molecule has 128 valence electrons. The summed E-state index contributed by atoms with van der Waals surface area (Å²) in [6, 6.07) is 28.3. The molecule has 2 nitrogen and oxygen atoms in total. The predicted molar refractivity (Wildman–Crippen MR) is 102 cm³/mol. The summed E-state index contributed by atoms with van der Waals surface area (Å²) in [7, 11) is 0. The first-order chi connectivity index (χ1) is 12.3. The number of hydrogen-bond donors (Lipinski definition) is 1. The number of benzene rings is 3. The third-order valence-corrected chi connectivity index (χ3v) is 4.30. The predicted octanol–water partition coefficient (Wildman–Crippen LogP) is 5.32. The Hall–Kier alpha value is -2.58. The van der Waals surface area contributed by atoms with Crippen molar-refractivity contribution in [3.63, 3.8) is 0 Å². The molecule has 1 N–H and O–H groups in total. The fourth-order valence-corrected chi connectivity index (χ4v) is 2.84. The Bertz CT molecular complexity index is 736. The number of aliphatic hydroxyl groups excluding tert-OH is 1. The molecule has 0 aliphatic carbocycles. The molecule has 0 aliphatic heterocycles. The molecule has 2 heteroatoms. The first-order valence-electron chi connectivity index (χ1n) is 8.80. The van der Waals surface area contributed by atoms with Crippen molar-refractivity contribution < 1.29 is 9.84 Å². The molecule has 0 spiro atoms. The standard InChI is InChI=1S/C23H24O2/c24-23(13-7-12-19-8-3-1-4-9-19)21-14-16-22(17-15-21)25-18-20-10-5-2-6-11-20/h1-6,8-11,14-17,23-24H,7,12-13,18H2. The van der Waals surface area contributed by atoms with Crippen LogP contribution in [0.5, 0.6) is 5.75 Å². The van der Waals surface area contributed by atoms with Gasteiger partial charge in [-0.3, -0.25) is 0 Å². The average Bonchev–Trinajstić information content (AvgIpc) is 2.68. The highest BCUT2D eigenvalue weighted by molar-refractivity contribution is 5.29. The van der Waals surface area contributed by atoms with Crippen LogP contribution in [0.3, 0.4) is 0 Å². The Balaban J connectivity index is 1.46. The lowest BCUT2D eigenvalue weighted by Crippen LogP contribution is -1.99. The molecule has 0 amide bonds. The summed E-state index contributed by atoms with van der Waals surface area (Å²) in [6.45, 7) is 0.555. The van der Waals surface area contributed by atoms with Gasteiger partial charge in [0.15, 0.2) is 0 Å². The van der Waals surface area contributed by atoms with Crippen LogP contribution in [0.25, 0.3) is 0 Å². The van der Waals surface area contributed by atoms with Gasteiger partial charge in [-0.1, -0.05) is 72.8 Å². The number of aliphatic hydroxyl groups is 1. The van der Waals surface area contributed by atoms with Crippen molar-refractivity contribution in [3.8, 4) is 5.75 Å². The molecule has 0 aliphatic rings. The van der Waals surface area contributed by atoms with Crippen LogP contribution in [0.4, 0.5) is 0 Å². The quantitative estimate of drug-likeness (QED) is 0.605. The van der Waals surface area contributed by atoms with E-state index in [1.54, 1.807) is 0 Å². The van der Waals surface area contributed by atoms with Gasteiger partial charge in [0.25, 0.3) is 0 Å².